The third-order valence-electron chi connectivity index (χ3n) is 6.33. The van der Waals surface area contributed by atoms with Crippen LogP contribution in [-0.4, -0.2) is 45.5 Å². The van der Waals surface area contributed by atoms with Gasteiger partial charge in [-0.1, -0.05) is 30.3 Å². The molecule has 0 spiro atoms. The fourth-order valence-corrected chi connectivity index (χ4v) is 4.39. The van der Waals surface area contributed by atoms with Crippen molar-refractivity contribution in [3.05, 3.63) is 95.4 Å². The van der Waals surface area contributed by atoms with Gasteiger partial charge in [-0.05, 0) is 54.8 Å². The van der Waals surface area contributed by atoms with Gasteiger partial charge in [-0.3, -0.25) is 14.0 Å². The quantitative estimate of drug-likeness (QED) is 0.402. The molecule has 0 aliphatic carbocycles. The zero-order valence-electron chi connectivity index (χ0n) is 19.4. The third kappa shape index (κ3) is 4.74. The predicted molar refractivity (Wildman–Crippen MR) is 135 cm³/mol. The number of carbonyl (C=O) groups excluding carboxylic acids is 2. The molecule has 2 aromatic heterocycles. The van der Waals surface area contributed by atoms with E-state index in [1.165, 1.54) is 6.20 Å². The second kappa shape index (κ2) is 9.60. The molecule has 3 heterocycles. The fraction of sp³-hybridized carbons (Fsp3) is 0.222. The topological polar surface area (TPSA) is 99.0 Å². The molecule has 1 atom stereocenters. The Labute approximate surface area is 203 Å². The summed E-state index contributed by atoms with van der Waals surface area (Å²) in [6, 6.07) is 18.7. The number of rotatable bonds is 6. The van der Waals surface area contributed by atoms with E-state index in [1.807, 2.05) is 55.5 Å². The fourth-order valence-electron chi connectivity index (χ4n) is 4.39. The summed E-state index contributed by atoms with van der Waals surface area (Å²) in [5, 5.41) is 15.8. The molecule has 2 amide bonds. The lowest BCUT2D eigenvalue weighted by molar-refractivity contribution is 0.0949. The van der Waals surface area contributed by atoms with Crippen LogP contribution in [0.2, 0.25) is 0 Å². The van der Waals surface area contributed by atoms with Crippen molar-refractivity contribution in [1.82, 2.24) is 14.7 Å². The summed E-state index contributed by atoms with van der Waals surface area (Å²) in [5.41, 5.74) is 4.99. The second-order valence-corrected chi connectivity index (χ2v) is 8.76. The van der Waals surface area contributed by atoms with Crippen molar-refractivity contribution in [2.24, 2.45) is 0 Å². The Morgan fingerprint density at radius 1 is 1.09 bits per heavy atom. The van der Waals surface area contributed by atoms with Crippen LogP contribution in [0.25, 0.3) is 5.65 Å². The Hall–Kier alpha value is -4.17. The van der Waals surface area contributed by atoms with Crippen LogP contribution < -0.4 is 15.5 Å². The highest BCUT2D eigenvalue weighted by molar-refractivity contribution is 6.05. The lowest BCUT2D eigenvalue weighted by Gasteiger charge is -2.21. The number of aliphatic hydroxyl groups excluding tert-OH is 1. The van der Waals surface area contributed by atoms with Gasteiger partial charge in [-0.2, -0.15) is 0 Å². The number of amides is 2. The van der Waals surface area contributed by atoms with Crippen molar-refractivity contribution in [2.75, 3.05) is 23.3 Å². The summed E-state index contributed by atoms with van der Waals surface area (Å²) < 4.78 is 1.72. The Morgan fingerprint density at radius 2 is 1.91 bits per heavy atom. The molecule has 0 radical (unpaired) electrons. The van der Waals surface area contributed by atoms with Gasteiger partial charge in [-0.25, -0.2) is 4.98 Å². The van der Waals surface area contributed by atoms with Gasteiger partial charge in [0.15, 0.2) is 0 Å². The molecule has 4 aromatic rings. The number of carbonyl (C=O) groups is 2. The molecule has 1 saturated heterocycles. The molecule has 0 bridgehead atoms. The molecular formula is C27H27N5O3. The van der Waals surface area contributed by atoms with Crippen LogP contribution in [0.4, 0.5) is 11.4 Å². The van der Waals surface area contributed by atoms with Gasteiger partial charge in [0.05, 0.1) is 12.3 Å². The van der Waals surface area contributed by atoms with Crippen LogP contribution in [-0.2, 0) is 6.54 Å². The zero-order valence-corrected chi connectivity index (χ0v) is 19.4. The van der Waals surface area contributed by atoms with E-state index < -0.39 is 0 Å². The molecule has 1 aliphatic rings. The molecular weight excluding hydrogens is 442 g/mol. The van der Waals surface area contributed by atoms with Gasteiger partial charge in [0.25, 0.3) is 11.8 Å². The number of para-hydroxylation sites is 1. The highest BCUT2D eigenvalue weighted by Crippen LogP contribution is 2.25. The molecule has 35 heavy (non-hydrogen) atoms. The monoisotopic (exact) mass is 469 g/mol. The third-order valence-corrected chi connectivity index (χ3v) is 6.33. The lowest BCUT2D eigenvalue weighted by Crippen LogP contribution is -2.26. The number of imidazole rings is 1. The van der Waals surface area contributed by atoms with Crippen molar-refractivity contribution in [3.63, 3.8) is 0 Å². The number of benzene rings is 2. The van der Waals surface area contributed by atoms with Crippen molar-refractivity contribution in [2.45, 2.75) is 26.0 Å². The molecule has 1 unspecified atom stereocenters. The van der Waals surface area contributed by atoms with E-state index in [2.05, 4.69) is 20.5 Å². The van der Waals surface area contributed by atoms with E-state index in [4.69, 9.17) is 0 Å². The molecule has 5 rings (SSSR count). The summed E-state index contributed by atoms with van der Waals surface area (Å²) in [5.74, 6) is -0.530. The van der Waals surface area contributed by atoms with Crippen molar-refractivity contribution >= 4 is 28.8 Å². The van der Waals surface area contributed by atoms with E-state index in [9.17, 15) is 14.7 Å². The molecule has 1 aliphatic heterocycles. The number of β-amino-alcohol motifs (C(OH)–C–C–N with tert-alkyl or cyclic N) is 1. The zero-order chi connectivity index (χ0) is 24.4. The van der Waals surface area contributed by atoms with Gasteiger partial charge < -0.3 is 20.6 Å². The van der Waals surface area contributed by atoms with E-state index in [0.29, 0.717) is 35.7 Å². The first-order valence-electron chi connectivity index (χ1n) is 11.6. The van der Waals surface area contributed by atoms with E-state index >= 15 is 0 Å². The minimum Gasteiger partial charge on any atom is -0.391 e. The van der Waals surface area contributed by atoms with Crippen LogP contribution in [0.15, 0.2) is 73.1 Å². The van der Waals surface area contributed by atoms with Crippen molar-refractivity contribution in [3.8, 4) is 0 Å². The van der Waals surface area contributed by atoms with Gasteiger partial charge in [0.2, 0.25) is 0 Å². The lowest BCUT2D eigenvalue weighted by atomic mass is 10.1. The van der Waals surface area contributed by atoms with Crippen LogP contribution in [0.5, 0.6) is 0 Å². The Kier molecular flexibility index (Phi) is 6.20. The average molecular weight is 470 g/mol. The number of hydrogen-bond acceptors (Lipinski definition) is 5. The number of aromatic nitrogens is 2. The van der Waals surface area contributed by atoms with Gasteiger partial charge >= 0.3 is 0 Å². The highest BCUT2D eigenvalue weighted by Gasteiger charge is 2.22. The van der Waals surface area contributed by atoms with Crippen LogP contribution in [0.1, 0.15) is 38.4 Å². The number of fused-ring (bicyclic) bond motifs is 1. The molecule has 3 N–H and O–H groups in total. The summed E-state index contributed by atoms with van der Waals surface area (Å²) >= 11 is 0. The normalized spacial score (nSPS) is 15.4. The maximum Gasteiger partial charge on any atom is 0.274 e. The molecule has 8 heteroatoms. The second-order valence-electron chi connectivity index (χ2n) is 8.76. The number of hydrogen-bond donors (Lipinski definition) is 3. The van der Waals surface area contributed by atoms with Gasteiger partial charge in [-0.15, -0.1) is 0 Å². The molecule has 2 aromatic carbocycles. The van der Waals surface area contributed by atoms with Crippen LogP contribution in [0, 0.1) is 6.92 Å². The maximum absolute atomic E-state index is 13.0. The summed E-state index contributed by atoms with van der Waals surface area (Å²) in [6.07, 6.45) is 3.75. The average Bonchev–Trinajstić information content (AvgIpc) is 3.50. The first kappa shape index (κ1) is 22.6. The Balaban J connectivity index is 1.29. The standard InChI is InChI=1S/C27H27N5O3/c1-18-9-10-19(14-22(18)30-27(35)24-16-28-25-8-4-5-12-32(24)25)26(34)29-15-20-6-2-3-7-23(20)31-13-11-21(33)17-31/h2-10,12,14,16,21,33H,11,13,15,17H2,1H3,(H,29,34)(H,30,35). The van der Waals surface area contributed by atoms with E-state index in [1.54, 1.807) is 22.7 Å². The molecule has 1 fully saturated rings. The van der Waals surface area contributed by atoms with Crippen molar-refractivity contribution in [1.29, 1.82) is 0 Å². The minimum atomic E-state index is -0.320. The van der Waals surface area contributed by atoms with E-state index in [0.717, 1.165) is 29.8 Å². The summed E-state index contributed by atoms with van der Waals surface area (Å²) in [6.45, 7) is 3.63. The summed E-state index contributed by atoms with van der Waals surface area (Å²) in [7, 11) is 0. The van der Waals surface area contributed by atoms with Crippen LogP contribution >= 0.6 is 0 Å². The van der Waals surface area contributed by atoms with Crippen molar-refractivity contribution < 1.29 is 14.7 Å². The highest BCUT2D eigenvalue weighted by atomic mass is 16.3. The molecule has 8 nitrogen and oxygen atoms in total. The van der Waals surface area contributed by atoms with Gasteiger partial charge in [0.1, 0.15) is 11.3 Å². The number of pyridine rings is 1. The smallest absolute Gasteiger partial charge is 0.274 e. The number of aliphatic hydroxyl groups is 1. The predicted octanol–water partition coefficient (Wildman–Crippen LogP) is 3.40. The van der Waals surface area contributed by atoms with E-state index in [-0.39, 0.29) is 17.9 Å². The van der Waals surface area contributed by atoms with Gasteiger partial charge in [0, 0.05) is 42.8 Å². The number of nitrogens with zero attached hydrogens (tertiary/aromatic N) is 3. The largest absolute Gasteiger partial charge is 0.391 e. The number of nitrogens with one attached hydrogen (secondary N) is 2. The van der Waals surface area contributed by atoms with Crippen LogP contribution in [0.3, 0.4) is 0 Å². The number of anilines is 2. The number of aryl methyl sites for hydroxylation is 1. The SMILES string of the molecule is Cc1ccc(C(=O)NCc2ccccc2N2CCC(O)C2)cc1NC(=O)c1cnc2ccccn12. The Morgan fingerprint density at radius 3 is 2.74 bits per heavy atom. The first-order valence-corrected chi connectivity index (χ1v) is 11.6. The Bertz CT molecular complexity index is 1400. The summed E-state index contributed by atoms with van der Waals surface area (Å²) in [4.78, 5) is 32.3. The molecule has 0 saturated carbocycles. The molecule has 178 valence electrons. The minimum absolute atomic E-state index is 0.230. The maximum atomic E-state index is 13.0. The first-order chi connectivity index (χ1) is 17.0.